The van der Waals surface area contributed by atoms with E-state index < -0.39 is 32.2 Å². The van der Waals surface area contributed by atoms with E-state index in [1.54, 1.807) is 18.2 Å². The quantitative estimate of drug-likeness (QED) is 0.109. The Balaban J connectivity index is 0.000000150. The minimum absolute atomic E-state index is 0.286. The summed E-state index contributed by atoms with van der Waals surface area (Å²) < 4.78 is 66.5. The van der Waals surface area contributed by atoms with Crippen LogP contribution in [-0.4, -0.2) is 19.0 Å². The molecule has 4 nitrogen and oxygen atoms in total. The number of rotatable bonds is 10. The van der Waals surface area contributed by atoms with E-state index in [1.807, 2.05) is 36.4 Å². The second-order valence-corrected chi connectivity index (χ2v) is 27.1. The Kier molecular flexibility index (Phi) is 14.6. The van der Waals surface area contributed by atoms with Gasteiger partial charge in [-0.15, -0.1) is 0 Å². The molecule has 0 aliphatic heterocycles. The van der Waals surface area contributed by atoms with Gasteiger partial charge in [-0.3, -0.25) is 0 Å². The van der Waals surface area contributed by atoms with Gasteiger partial charge in [-0.05, 0) is 227 Å². The summed E-state index contributed by atoms with van der Waals surface area (Å²) in [4.78, 5) is 0. The highest BCUT2D eigenvalue weighted by Gasteiger charge is 2.50. The molecule has 0 radical (unpaired) electrons. The Morgan fingerprint density at radius 2 is 0.515 bits per heavy atom. The van der Waals surface area contributed by atoms with Gasteiger partial charge in [-0.25, -0.2) is 0 Å². The molecule has 2 aliphatic carbocycles. The van der Waals surface area contributed by atoms with Gasteiger partial charge in [0, 0.05) is 0 Å². The molecule has 0 spiro atoms. The number of alkyl halides is 3. The third-order valence-electron chi connectivity index (χ3n) is 20.1. The summed E-state index contributed by atoms with van der Waals surface area (Å²) in [7, 11) is -5.78. The van der Waals surface area contributed by atoms with Gasteiger partial charge in [-0.2, -0.15) is 21.6 Å². The standard InChI is InChI=1S/C46H29F3O3S.C45H30O/c47-46(48,49)53(50,51)52-40-22-19-34-26-33(17-18-35(34)27-40)37-21-24-42-41-23-20-36(32-16-15-30-9-7-8-10-31(30)25-32)28-43(41)45(44(42)29-37,38-11-3-1-4-12-38)39-13-5-2-6-14-39;46-40-22-19-34-26-33(17-18-35(34)27-40)37-21-24-42-41-23-20-36(32-16-15-30-9-7-8-10-31(30)25-32)28-43(41)45(44(42)29-37,38-11-3-1-4-12-38)39-13-5-2-6-14-39/h1-29H;1-29,46H. The SMILES string of the molecule is O=S(=O)(Oc1ccc2cc(-c3ccc4c(c3)C(c3ccccc3)(c3ccccc3)c3cc(-c5ccc6ccccc6c5)ccc3-4)ccc2c1)C(F)(F)F.Oc1ccc2cc(-c3ccc4c(c3)C(c3ccccc3)(c3ccccc3)c3cc(-c5ccc6ccccc6c5)ccc3-4)ccc2c1. The summed E-state index contributed by atoms with van der Waals surface area (Å²) in [6.07, 6.45) is 0. The summed E-state index contributed by atoms with van der Waals surface area (Å²) >= 11 is 0. The fourth-order valence-corrected chi connectivity index (χ4v) is 15.9. The number of phenols is 1. The monoisotopic (exact) mass is 1300 g/mol. The van der Waals surface area contributed by atoms with Gasteiger partial charge in [0.15, 0.2) is 0 Å². The number of hydrogen-bond acceptors (Lipinski definition) is 4. The smallest absolute Gasteiger partial charge is 0.508 e. The Bertz CT molecular complexity index is 5900. The van der Waals surface area contributed by atoms with Crippen molar-refractivity contribution in [3.8, 4) is 78.3 Å². The lowest BCUT2D eigenvalue weighted by molar-refractivity contribution is -0.0500. The average Bonchev–Trinajstić information content (AvgIpc) is 1.55. The molecular formula is C91H59F3O4S. The second kappa shape index (κ2) is 23.9. The van der Waals surface area contributed by atoms with Crippen LogP contribution in [0.1, 0.15) is 44.5 Å². The van der Waals surface area contributed by atoms with Gasteiger partial charge in [0.05, 0.1) is 10.8 Å². The first-order valence-electron chi connectivity index (χ1n) is 32.9. The van der Waals surface area contributed by atoms with Crippen molar-refractivity contribution in [3.63, 3.8) is 0 Å². The van der Waals surface area contributed by atoms with E-state index in [9.17, 15) is 26.7 Å². The second-order valence-electron chi connectivity index (χ2n) is 25.6. The van der Waals surface area contributed by atoms with E-state index >= 15 is 0 Å². The highest BCUT2D eigenvalue weighted by molar-refractivity contribution is 7.88. The van der Waals surface area contributed by atoms with Crippen molar-refractivity contribution in [1.82, 2.24) is 0 Å². The molecule has 0 saturated heterocycles. The number of hydrogen-bond donors (Lipinski definition) is 1. The Labute approximate surface area is 571 Å². The van der Waals surface area contributed by atoms with Crippen molar-refractivity contribution in [3.05, 3.63) is 396 Å². The molecule has 16 aromatic carbocycles. The molecule has 16 aromatic rings. The van der Waals surface area contributed by atoms with Crippen LogP contribution in [-0.2, 0) is 20.9 Å². The summed E-state index contributed by atoms with van der Waals surface area (Å²) in [5.41, 5.74) is 16.7. The van der Waals surface area contributed by atoms with Gasteiger partial charge in [0.25, 0.3) is 0 Å². The number of aromatic hydroxyl groups is 1. The van der Waals surface area contributed by atoms with Crippen LogP contribution in [0.2, 0.25) is 0 Å². The molecule has 2 aliphatic rings. The maximum absolute atomic E-state index is 13.0. The van der Waals surface area contributed by atoms with Crippen molar-refractivity contribution in [2.75, 3.05) is 0 Å². The Morgan fingerprint density at radius 1 is 0.263 bits per heavy atom. The predicted octanol–water partition coefficient (Wildman–Crippen LogP) is 23.3. The van der Waals surface area contributed by atoms with Crippen LogP contribution in [0.3, 0.4) is 0 Å². The van der Waals surface area contributed by atoms with Gasteiger partial charge in [0.1, 0.15) is 11.5 Å². The molecule has 0 aromatic heterocycles. The first-order chi connectivity index (χ1) is 48.3. The molecule has 474 valence electrons. The van der Waals surface area contributed by atoms with Gasteiger partial charge in [0.2, 0.25) is 0 Å². The van der Waals surface area contributed by atoms with Crippen LogP contribution < -0.4 is 4.18 Å². The molecule has 0 atom stereocenters. The molecule has 18 rings (SSSR count). The Morgan fingerprint density at radius 3 is 0.859 bits per heavy atom. The summed E-state index contributed by atoms with van der Waals surface area (Å²) in [5.74, 6) is -0.120. The van der Waals surface area contributed by atoms with Crippen LogP contribution >= 0.6 is 0 Å². The zero-order valence-corrected chi connectivity index (χ0v) is 54.0. The van der Waals surface area contributed by atoms with E-state index in [1.165, 1.54) is 89.3 Å². The van der Waals surface area contributed by atoms with Crippen molar-refractivity contribution >= 4 is 53.2 Å². The van der Waals surface area contributed by atoms with Crippen LogP contribution in [0.25, 0.3) is 110 Å². The number of phenolic OH excluding ortho intramolecular Hbond substituents is 1. The zero-order valence-electron chi connectivity index (χ0n) is 53.2. The number of fused-ring (bicyclic) bond motifs is 10. The molecule has 0 heterocycles. The van der Waals surface area contributed by atoms with Crippen LogP contribution in [0, 0.1) is 0 Å². The lowest BCUT2D eigenvalue weighted by atomic mass is 9.67. The minimum Gasteiger partial charge on any atom is -0.508 e. The fraction of sp³-hybridized carbons (Fsp3) is 0.0330. The largest absolute Gasteiger partial charge is 0.534 e. The van der Waals surface area contributed by atoms with E-state index in [0.717, 1.165) is 71.8 Å². The van der Waals surface area contributed by atoms with E-state index in [4.69, 9.17) is 0 Å². The van der Waals surface area contributed by atoms with Crippen LogP contribution in [0.15, 0.2) is 352 Å². The average molecular weight is 1310 g/mol. The van der Waals surface area contributed by atoms with Crippen molar-refractivity contribution < 1.29 is 30.9 Å². The third kappa shape index (κ3) is 10.3. The highest BCUT2D eigenvalue weighted by atomic mass is 32.2. The molecule has 0 fully saturated rings. The van der Waals surface area contributed by atoms with Crippen molar-refractivity contribution in [2.45, 2.75) is 16.3 Å². The lowest BCUT2D eigenvalue weighted by Gasteiger charge is -2.34. The van der Waals surface area contributed by atoms with Crippen molar-refractivity contribution in [2.24, 2.45) is 0 Å². The topological polar surface area (TPSA) is 63.6 Å². The molecule has 8 heteroatoms. The molecule has 0 saturated carbocycles. The number of halogens is 3. The van der Waals surface area contributed by atoms with E-state index in [0.29, 0.717) is 5.39 Å². The molecule has 0 unspecified atom stereocenters. The molecular weight excluding hydrogens is 1250 g/mol. The minimum atomic E-state index is -5.78. The van der Waals surface area contributed by atoms with E-state index in [2.05, 4.69) is 289 Å². The first-order valence-corrected chi connectivity index (χ1v) is 34.3. The maximum atomic E-state index is 13.0. The third-order valence-corrected chi connectivity index (χ3v) is 21.0. The summed E-state index contributed by atoms with van der Waals surface area (Å²) in [6, 6.07) is 123. The lowest BCUT2D eigenvalue weighted by Crippen LogP contribution is -2.28. The zero-order chi connectivity index (χ0) is 67.0. The van der Waals surface area contributed by atoms with E-state index in [-0.39, 0.29) is 5.75 Å². The predicted molar refractivity (Wildman–Crippen MR) is 397 cm³/mol. The molecule has 99 heavy (non-hydrogen) atoms. The molecule has 0 bridgehead atoms. The Hall–Kier alpha value is -12.1. The molecule has 1 N–H and O–H groups in total. The van der Waals surface area contributed by atoms with Crippen LogP contribution in [0.4, 0.5) is 13.2 Å². The summed E-state index contributed by atoms with van der Waals surface area (Å²) in [6.45, 7) is 0. The molecule has 0 amide bonds. The summed E-state index contributed by atoms with van der Waals surface area (Å²) in [5, 5.41) is 18.3. The maximum Gasteiger partial charge on any atom is 0.534 e. The first kappa shape index (κ1) is 60.6. The van der Waals surface area contributed by atoms with Gasteiger partial charge < -0.3 is 9.29 Å². The van der Waals surface area contributed by atoms with Gasteiger partial charge >= 0.3 is 15.6 Å². The van der Waals surface area contributed by atoms with Crippen molar-refractivity contribution in [1.29, 1.82) is 0 Å². The fourth-order valence-electron chi connectivity index (χ4n) is 15.5. The van der Waals surface area contributed by atoms with Crippen LogP contribution in [0.5, 0.6) is 11.5 Å². The highest BCUT2D eigenvalue weighted by Crippen LogP contribution is 2.60. The number of benzene rings is 16. The van der Waals surface area contributed by atoms with Gasteiger partial charge in [-0.1, -0.05) is 279 Å². The normalized spacial score (nSPS) is 13.3.